The van der Waals surface area contributed by atoms with E-state index in [-0.39, 0.29) is 5.91 Å². The molecular formula is C16H17N3OS. The molecule has 1 aliphatic carbocycles. The van der Waals surface area contributed by atoms with Gasteiger partial charge in [-0.25, -0.2) is 9.97 Å². The summed E-state index contributed by atoms with van der Waals surface area (Å²) in [5.74, 6) is 0.794. The van der Waals surface area contributed by atoms with E-state index < -0.39 is 0 Å². The molecule has 0 atom stereocenters. The highest BCUT2D eigenvalue weighted by Gasteiger charge is 2.28. The van der Waals surface area contributed by atoms with Gasteiger partial charge in [-0.05, 0) is 49.6 Å². The van der Waals surface area contributed by atoms with Crippen molar-refractivity contribution in [1.29, 1.82) is 0 Å². The highest BCUT2D eigenvalue weighted by molar-refractivity contribution is 7.10. The Bertz CT molecular complexity index is 722. The van der Waals surface area contributed by atoms with Crippen molar-refractivity contribution < 1.29 is 4.79 Å². The molecule has 0 bridgehead atoms. The molecule has 21 heavy (non-hydrogen) atoms. The van der Waals surface area contributed by atoms with Crippen molar-refractivity contribution in [2.45, 2.75) is 39.2 Å². The number of fused-ring (bicyclic) bond motifs is 2. The Labute approximate surface area is 127 Å². The third-order valence-electron chi connectivity index (χ3n) is 4.34. The van der Waals surface area contributed by atoms with E-state index in [0.29, 0.717) is 11.5 Å². The summed E-state index contributed by atoms with van der Waals surface area (Å²) in [5, 5.41) is 2.12. The zero-order valence-corrected chi connectivity index (χ0v) is 12.9. The SMILES string of the molecule is Cc1nc2c(c(C(=O)N3CCc4sccc4C3)n1)CCC2. The van der Waals surface area contributed by atoms with Crippen molar-refractivity contribution in [1.82, 2.24) is 14.9 Å². The topological polar surface area (TPSA) is 46.1 Å². The molecule has 0 spiro atoms. The summed E-state index contributed by atoms with van der Waals surface area (Å²) in [5.41, 5.74) is 4.11. The van der Waals surface area contributed by atoms with Crippen LogP contribution in [0.25, 0.3) is 0 Å². The fraction of sp³-hybridized carbons (Fsp3) is 0.438. The van der Waals surface area contributed by atoms with Crippen LogP contribution in [0, 0.1) is 6.92 Å². The standard InChI is InChI=1S/C16H17N3OS/c1-10-17-13-4-2-3-12(13)15(18-10)16(20)19-7-5-14-11(9-19)6-8-21-14/h6,8H,2-5,7,9H2,1H3. The number of hydrogen-bond acceptors (Lipinski definition) is 4. The number of carbonyl (C=O) groups is 1. The molecule has 3 heterocycles. The van der Waals surface area contributed by atoms with E-state index in [4.69, 9.17) is 0 Å². The van der Waals surface area contributed by atoms with Crippen molar-refractivity contribution in [2.75, 3.05) is 6.54 Å². The zero-order chi connectivity index (χ0) is 14.4. The second-order valence-electron chi connectivity index (χ2n) is 5.74. The summed E-state index contributed by atoms with van der Waals surface area (Å²) in [4.78, 5) is 25.2. The van der Waals surface area contributed by atoms with Crippen LogP contribution in [0.5, 0.6) is 0 Å². The minimum atomic E-state index is 0.0792. The Morgan fingerprint density at radius 3 is 3.10 bits per heavy atom. The van der Waals surface area contributed by atoms with Crippen molar-refractivity contribution in [3.05, 3.63) is 44.7 Å². The first-order valence-electron chi connectivity index (χ1n) is 7.43. The highest BCUT2D eigenvalue weighted by Crippen LogP contribution is 2.27. The van der Waals surface area contributed by atoms with Gasteiger partial charge >= 0.3 is 0 Å². The Kier molecular flexibility index (Phi) is 3.03. The van der Waals surface area contributed by atoms with Crippen LogP contribution in [0.4, 0.5) is 0 Å². The van der Waals surface area contributed by atoms with E-state index in [1.807, 2.05) is 11.8 Å². The third kappa shape index (κ3) is 2.16. The van der Waals surface area contributed by atoms with Crippen LogP contribution in [0.1, 0.15) is 44.4 Å². The van der Waals surface area contributed by atoms with Crippen molar-refractivity contribution >= 4 is 17.2 Å². The van der Waals surface area contributed by atoms with Crippen molar-refractivity contribution in [3.8, 4) is 0 Å². The first-order valence-corrected chi connectivity index (χ1v) is 8.31. The van der Waals surface area contributed by atoms with Crippen LogP contribution in [-0.2, 0) is 25.8 Å². The van der Waals surface area contributed by atoms with E-state index in [1.54, 1.807) is 11.3 Å². The molecule has 0 fully saturated rings. The fourth-order valence-electron chi connectivity index (χ4n) is 3.30. The molecule has 4 nitrogen and oxygen atoms in total. The smallest absolute Gasteiger partial charge is 0.273 e. The Morgan fingerprint density at radius 2 is 2.19 bits per heavy atom. The van der Waals surface area contributed by atoms with Gasteiger partial charge in [0.2, 0.25) is 0 Å². The first-order chi connectivity index (χ1) is 10.2. The summed E-state index contributed by atoms with van der Waals surface area (Å²) in [6.45, 7) is 3.39. The van der Waals surface area contributed by atoms with Crippen LogP contribution in [0.2, 0.25) is 0 Å². The van der Waals surface area contributed by atoms with Gasteiger partial charge in [-0.1, -0.05) is 0 Å². The van der Waals surface area contributed by atoms with E-state index in [0.717, 1.165) is 50.0 Å². The Hall–Kier alpha value is -1.75. The van der Waals surface area contributed by atoms with Crippen molar-refractivity contribution in [2.24, 2.45) is 0 Å². The summed E-state index contributed by atoms with van der Waals surface area (Å²) in [6.07, 6.45) is 3.97. The summed E-state index contributed by atoms with van der Waals surface area (Å²) >= 11 is 1.79. The number of rotatable bonds is 1. The average Bonchev–Trinajstić information content (AvgIpc) is 3.12. The second-order valence-corrected chi connectivity index (χ2v) is 6.74. The molecule has 5 heteroatoms. The van der Waals surface area contributed by atoms with Crippen LogP contribution < -0.4 is 0 Å². The van der Waals surface area contributed by atoms with E-state index in [9.17, 15) is 4.79 Å². The number of thiophene rings is 1. The highest BCUT2D eigenvalue weighted by atomic mass is 32.1. The maximum absolute atomic E-state index is 12.9. The molecule has 0 saturated carbocycles. The van der Waals surface area contributed by atoms with E-state index >= 15 is 0 Å². The quantitative estimate of drug-likeness (QED) is 0.813. The number of aromatic nitrogens is 2. The largest absolute Gasteiger partial charge is 0.333 e. The molecule has 4 rings (SSSR count). The van der Waals surface area contributed by atoms with Gasteiger partial charge in [0, 0.05) is 29.2 Å². The number of hydrogen-bond donors (Lipinski definition) is 0. The summed E-state index contributed by atoms with van der Waals surface area (Å²) in [7, 11) is 0. The third-order valence-corrected chi connectivity index (χ3v) is 5.37. The second kappa shape index (κ2) is 4.91. The maximum atomic E-state index is 12.9. The Balaban J connectivity index is 1.67. The van der Waals surface area contributed by atoms with E-state index in [1.165, 1.54) is 10.4 Å². The monoisotopic (exact) mass is 299 g/mol. The van der Waals surface area contributed by atoms with Crippen molar-refractivity contribution in [3.63, 3.8) is 0 Å². The van der Waals surface area contributed by atoms with Gasteiger partial charge in [0.05, 0.1) is 0 Å². The molecule has 2 aromatic rings. The molecular weight excluding hydrogens is 282 g/mol. The summed E-state index contributed by atoms with van der Waals surface area (Å²) < 4.78 is 0. The van der Waals surface area contributed by atoms with Gasteiger partial charge in [-0.2, -0.15) is 0 Å². The van der Waals surface area contributed by atoms with Crippen LogP contribution in [0.3, 0.4) is 0 Å². The van der Waals surface area contributed by atoms with Crippen LogP contribution in [-0.4, -0.2) is 27.3 Å². The number of nitrogens with zero attached hydrogens (tertiary/aromatic N) is 3. The van der Waals surface area contributed by atoms with Crippen LogP contribution in [0.15, 0.2) is 11.4 Å². The average molecular weight is 299 g/mol. The summed E-state index contributed by atoms with van der Waals surface area (Å²) in [6, 6.07) is 2.13. The zero-order valence-electron chi connectivity index (χ0n) is 12.1. The molecule has 108 valence electrons. The number of aryl methyl sites for hydroxylation is 2. The molecule has 2 aliphatic rings. The van der Waals surface area contributed by atoms with E-state index in [2.05, 4.69) is 21.4 Å². The van der Waals surface area contributed by atoms with Gasteiger partial charge in [-0.15, -0.1) is 11.3 Å². The fourth-order valence-corrected chi connectivity index (χ4v) is 4.19. The lowest BCUT2D eigenvalue weighted by Gasteiger charge is -2.27. The van der Waals surface area contributed by atoms with Gasteiger partial charge in [-0.3, -0.25) is 4.79 Å². The van der Waals surface area contributed by atoms with Gasteiger partial charge in [0.1, 0.15) is 11.5 Å². The van der Waals surface area contributed by atoms with Gasteiger partial charge in [0.25, 0.3) is 5.91 Å². The number of carbonyl (C=O) groups excluding carboxylic acids is 1. The van der Waals surface area contributed by atoms with Gasteiger partial charge < -0.3 is 4.90 Å². The lowest BCUT2D eigenvalue weighted by molar-refractivity contribution is 0.0728. The predicted octanol–water partition coefficient (Wildman–Crippen LogP) is 2.53. The predicted molar refractivity (Wildman–Crippen MR) is 81.6 cm³/mol. The molecule has 0 N–H and O–H groups in total. The molecule has 2 aromatic heterocycles. The molecule has 0 aromatic carbocycles. The Morgan fingerprint density at radius 1 is 1.29 bits per heavy atom. The maximum Gasteiger partial charge on any atom is 0.273 e. The number of amides is 1. The molecule has 1 amide bonds. The normalized spacial score (nSPS) is 16.7. The lowest BCUT2D eigenvalue weighted by atomic mass is 10.1. The minimum Gasteiger partial charge on any atom is -0.333 e. The minimum absolute atomic E-state index is 0.0792. The molecule has 0 unspecified atom stereocenters. The first kappa shape index (κ1) is 13.0. The molecule has 0 saturated heterocycles. The molecule has 0 radical (unpaired) electrons. The molecule has 1 aliphatic heterocycles. The van der Waals surface area contributed by atoms with Gasteiger partial charge in [0.15, 0.2) is 0 Å². The van der Waals surface area contributed by atoms with Crippen LogP contribution >= 0.6 is 11.3 Å². The lowest BCUT2D eigenvalue weighted by Crippen LogP contribution is -2.36.